The maximum Gasteiger partial charge on any atom is 0.254 e. The number of nitrogens with one attached hydrogen (secondary N) is 1. The van der Waals surface area contributed by atoms with E-state index in [9.17, 15) is 13.2 Å². The number of hydrogen-bond acceptors (Lipinski definition) is 4. The van der Waals surface area contributed by atoms with Crippen molar-refractivity contribution in [2.45, 2.75) is 6.92 Å². The molecule has 0 unspecified atom stereocenters. The SMILES string of the molecule is C=CS(=O)(=O)Nc1cccc2c(=O)c(C)c(-c3ccccc3)oc12. The molecule has 1 N–H and O–H groups in total. The molecule has 0 spiro atoms. The highest BCUT2D eigenvalue weighted by molar-refractivity contribution is 7.95. The van der Waals surface area contributed by atoms with Crippen molar-refractivity contribution in [1.82, 2.24) is 0 Å². The normalized spacial score (nSPS) is 11.4. The molecule has 3 aromatic rings. The summed E-state index contributed by atoms with van der Waals surface area (Å²) >= 11 is 0. The van der Waals surface area contributed by atoms with E-state index in [0.717, 1.165) is 11.0 Å². The average molecular weight is 341 g/mol. The van der Waals surface area contributed by atoms with Crippen molar-refractivity contribution in [3.8, 4) is 11.3 Å². The first kappa shape index (κ1) is 16.0. The standard InChI is InChI=1S/C18H15NO4S/c1-3-24(21,22)19-15-11-7-10-14-16(20)12(2)17(23-18(14)15)13-8-5-4-6-9-13/h3-11,19H,1H2,2H3. The summed E-state index contributed by atoms with van der Waals surface area (Å²) < 4.78 is 31.8. The number of benzene rings is 2. The van der Waals surface area contributed by atoms with Gasteiger partial charge >= 0.3 is 0 Å². The fraction of sp³-hybridized carbons (Fsp3) is 0.0556. The minimum absolute atomic E-state index is 0.192. The van der Waals surface area contributed by atoms with Gasteiger partial charge in [-0.25, -0.2) is 8.42 Å². The van der Waals surface area contributed by atoms with Crippen LogP contribution in [0.3, 0.4) is 0 Å². The van der Waals surface area contributed by atoms with Gasteiger partial charge in [-0.3, -0.25) is 9.52 Å². The van der Waals surface area contributed by atoms with Gasteiger partial charge in [0.2, 0.25) is 0 Å². The summed E-state index contributed by atoms with van der Waals surface area (Å²) in [5, 5.41) is 1.12. The summed E-state index contributed by atoms with van der Waals surface area (Å²) in [6, 6.07) is 13.9. The molecule has 0 saturated heterocycles. The van der Waals surface area contributed by atoms with Crippen LogP contribution >= 0.6 is 0 Å². The van der Waals surface area contributed by atoms with Crippen LogP contribution in [0.1, 0.15) is 5.56 Å². The minimum Gasteiger partial charge on any atom is -0.453 e. The Morgan fingerprint density at radius 3 is 2.46 bits per heavy atom. The molecule has 0 amide bonds. The first-order chi connectivity index (χ1) is 11.4. The molecule has 0 aliphatic carbocycles. The topological polar surface area (TPSA) is 76.4 Å². The van der Waals surface area contributed by atoms with Gasteiger partial charge in [0.1, 0.15) is 5.76 Å². The number of para-hydroxylation sites is 1. The molecule has 0 aliphatic rings. The van der Waals surface area contributed by atoms with E-state index in [1.54, 1.807) is 19.1 Å². The second kappa shape index (κ2) is 5.98. The van der Waals surface area contributed by atoms with E-state index in [4.69, 9.17) is 4.42 Å². The van der Waals surface area contributed by atoms with E-state index in [2.05, 4.69) is 11.3 Å². The lowest BCUT2D eigenvalue weighted by Gasteiger charge is -2.11. The van der Waals surface area contributed by atoms with E-state index in [1.807, 2.05) is 30.3 Å². The van der Waals surface area contributed by atoms with Crippen molar-refractivity contribution in [3.63, 3.8) is 0 Å². The Hall–Kier alpha value is -2.86. The molecule has 24 heavy (non-hydrogen) atoms. The van der Waals surface area contributed by atoms with Crippen molar-refractivity contribution in [2.75, 3.05) is 4.72 Å². The van der Waals surface area contributed by atoms with E-state index in [-0.39, 0.29) is 16.7 Å². The van der Waals surface area contributed by atoms with Gasteiger partial charge in [0.25, 0.3) is 10.0 Å². The lowest BCUT2D eigenvalue weighted by molar-refractivity contribution is 0.606. The zero-order valence-corrected chi connectivity index (χ0v) is 13.8. The van der Waals surface area contributed by atoms with Crippen LogP contribution in [0, 0.1) is 6.92 Å². The van der Waals surface area contributed by atoms with E-state index >= 15 is 0 Å². The Bertz CT molecular complexity index is 1080. The molecule has 3 rings (SSSR count). The van der Waals surface area contributed by atoms with Gasteiger partial charge < -0.3 is 4.42 Å². The maximum atomic E-state index is 12.7. The zero-order valence-electron chi connectivity index (χ0n) is 12.9. The quantitative estimate of drug-likeness (QED) is 0.786. The highest BCUT2D eigenvalue weighted by atomic mass is 32.2. The molecule has 0 saturated carbocycles. The summed E-state index contributed by atoms with van der Waals surface area (Å²) in [6.07, 6.45) is 0. The van der Waals surface area contributed by atoms with Gasteiger partial charge in [-0.05, 0) is 19.1 Å². The molecule has 0 bridgehead atoms. The molecular weight excluding hydrogens is 326 g/mol. The van der Waals surface area contributed by atoms with Gasteiger partial charge in [-0.15, -0.1) is 0 Å². The third kappa shape index (κ3) is 2.83. The Balaban J connectivity index is 2.33. The monoisotopic (exact) mass is 341 g/mol. The molecule has 6 heteroatoms. The number of fused-ring (bicyclic) bond motifs is 1. The van der Waals surface area contributed by atoms with Crippen molar-refractivity contribution in [3.05, 3.63) is 76.3 Å². The van der Waals surface area contributed by atoms with Crippen molar-refractivity contribution in [1.29, 1.82) is 0 Å². The molecule has 0 radical (unpaired) electrons. The fourth-order valence-corrected chi connectivity index (χ4v) is 3.00. The van der Waals surface area contributed by atoms with Crippen LogP contribution in [0.5, 0.6) is 0 Å². The number of rotatable bonds is 4. The molecule has 1 heterocycles. The molecule has 2 aromatic carbocycles. The van der Waals surface area contributed by atoms with Crippen LogP contribution in [0.15, 0.2) is 69.7 Å². The zero-order chi connectivity index (χ0) is 17.3. The van der Waals surface area contributed by atoms with Crippen LogP contribution in [0.4, 0.5) is 5.69 Å². The Morgan fingerprint density at radius 2 is 1.79 bits per heavy atom. The molecular formula is C18H15NO4S. The summed E-state index contributed by atoms with van der Waals surface area (Å²) in [5.74, 6) is 0.415. The van der Waals surface area contributed by atoms with Gasteiger partial charge in [-0.2, -0.15) is 0 Å². The molecule has 0 fully saturated rings. The third-order valence-corrected chi connectivity index (χ3v) is 4.60. The third-order valence-electron chi connectivity index (χ3n) is 3.65. The first-order valence-electron chi connectivity index (χ1n) is 7.20. The van der Waals surface area contributed by atoms with Crippen molar-refractivity contribution in [2.24, 2.45) is 0 Å². The van der Waals surface area contributed by atoms with Crippen molar-refractivity contribution >= 4 is 26.7 Å². The van der Waals surface area contributed by atoms with E-state index in [1.165, 1.54) is 6.07 Å². The van der Waals surface area contributed by atoms with Crippen LogP contribution in [-0.4, -0.2) is 8.42 Å². The van der Waals surface area contributed by atoms with Gasteiger partial charge in [-0.1, -0.05) is 43.0 Å². The lowest BCUT2D eigenvalue weighted by atomic mass is 10.1. The van der Waals surface area contributed by atoms with Crippen LogP contribution in [0.2, 0.25) is 0 Å². The first-order valence-corrected chi connectivity index (χ1v) is 8.74. The summed E-state index contributed by atoms with van der Waals surface area (Å²) in [6.45, 7) is 4.95. The maximum absolute atomic E-state index is 12.7. The second-order valence-electron chi connectivity index (χ2n) is 5.25. The van der Waals surface area contributed by atoms with E-state index in [0.29, 0.717) is 16.7 Å². The largest absolute Gasteiger partial charge is 0.453 e. The molecule has 122 valence electrons. The van der Waals surface area contributed by atoms with Gasteiger partial charge in [0.15, 0.2) is 11.0 Å². The summed E-state index contributed by atoms with van der Waals surface area (Å²) in [7, 11) is -3.71. The van der Waals surface area contributed by atoms with E-state index < -0.39 is 10.0 Å². The minimum atomic E-state index is -3.71. The Morgan fingerprint density at radius 1 is 1.08 bits per heavy atom. The predicted octanol–water partition coefficient (Wildman–Crippen LogP) is 3.65. The molecule has 5 nitrogen and oxygen atoms in total. The molecule has 0 atom stereocenters. The Kier molecular flexibility index (Phi) is 3.99. The average Bonchev–Trinajstić information content (AvgIpc) is 2.59. The van der Waals surface area contributed by atoms with Gasteiger partial charge in [0.05, 0.1) is 11.1 Å². The van der Waals surface area contributed by atoms with Crippen molar-refractivity contribution < 1.29 is 12.8 Å². The molecule has 1 aromatic heterocycles. The highest BCUT2D eigenvalue weighted by Crippen LogP contribution is 2.29. The Labute approximate surface area is 139 Å². The smallest absolute Gasteiger partial charge is 0.254 e. The molecule has 0 aliphatic heterocycles. The van der Waals surface area contributed by atoms with Gasteiger partial charge in [0, 0.05) is 16.5 Å². The summed E-state index contributed by atoms with van der Waals surface area (Å²) in [5.41, 5.74) is 1.40. The van der Waals surface area contributed by atoms with Crippen LogP contribution in [0.25, 0.3) is 22.3 Å². The fourth-order valence-electron chi connectivity index (χ4n) is 2.45. The summed E-state index contributed by atoms with van der Waals surface area (Å²) in [4.78, 5) is 12.7. The van der Waals surface area contributed by atoms with Crippen LogP contribution in [-0.2, 0) is 10.0 Å². The highest BCUT2D eigenvalue weighted by Gasteiger charge is 2.16. The second-order valence-corrected chi connectivity index (χ2v) is 6.87. The van der Waals surface area contributed by atoms with Crippen LogP contribution < -0.4 is 10.2 Å². The lowest BCUT2D eigenvalue weighted by Crippen LogP contribution is -2.11. The number of hydrogen-bond donors (Lipinski definition) is 1. The number of anilines is 1. The predicted molar refractivity (Wildman–Crippen MR) is 95.4 cm³/mol. The number of sulfonamides is 1.